The third-order valence-electron chi connectivity index (χ3n) is 3.63. The Hall–Kier alpha value is -2.62. The second-order valence-corrected chi connectivity index (χ2v) is 8.73. The Morgan fingerprint density at radius 2 is 1.81 bits per heavy atom. The summed E-state index contributed by atoms with van der Waals surface area (Å²) in [7, 11) is 0. The van der Waals surface area contributed by atoms with Gasteiger partial charge < -0.3 is 0 Å². The molecule has 0 bridgehead atoms. The van der Waals surface area contributed by atoms with Crippen LogP contribution < -0.4 is 26.5 Å². The van der Waals surface area contributed by atoms with Crippen LogP contribution in [-0.4, -0.2) is 44.1 Å². The van der Waals surface area contributed by atoms with E-state index < -0.39 is 11.9 Å². The predicted molar refractivity (Wildman–Crippen MR) is 93.4 cm³/mol. The van der Waals surface area contributed by atoms with Gasteiger partial charge in [0, 0.05) is 0 Å². The molecule has 8 heteroatoms. The molecule has 0 aliphatic heterocycles. The van der Waals surface area contributed by atoms with Crippen molar-refractivity contribution < 1.29 is 50.9 Å². The second-order valence-electron chi connectivity index (χ2n) is 5.64. The molecule has 0 spiro atoms. The van der Waals surface area contributed by atoms with Gasteiger partial charge in [0.15, 0.2) is 0 Å². The van der Waals surface area contributed by atoms with Gasteiger partial charge in [0.2, 0.25) is 0 Å². The van der Waals surface area contributed by atoms with Crippen LogP contribution in [0.15, 0.2) is 42.5 Å². The van der Waals surface area contributed by atoms with E-state index >= 15 is 0 Å². The molecule has 0 aromatic heterocycles. The SMILES string of the molecule is O=C(O)CCNC(=O)c1cccc([I-]CCc2ccc(O)c(C(=O)O)c2)c1. The number of amides is 1. The van der Waals surface area contributed by atoms with Crippen molar-refractivity contribution in [3.05, 3.63) is 62.7 Å². The molecule has 1 amide bonds. The summed E-state index contributed by atoms with van der Waals surface area (Å²) in [4.78, 5) is 33.6. The second kappa shape index (κ2) is 9.91. The van der Waals surface area contributed by atoms with E-state index in [1.165, 1.54) is 12.1 Å². The zero-order chi connectivity index (χ0) is 19.8. The number of carboxylic acid groups (broad SMARTS) is 2. The first-order chi connectivity index (χ1) is 12.9. The summed E-state index contributed by atoms with van der Waals surface area (Å²) >= 11 is -0.383. The van der Waals surface area contributed by atoms with Gasteiger partial charge in [0.1, 0.15) is 0 Å². The van der Waals surface area contributed by atoms with Gasteiger partial charge in [-0.15, -0.1) is 0 Å². The maximum atomic E-state index is 12.0. The molecule has 0 aliphatic carbocycles. The van der Waals surface area contributed by atoms with Gasteiger partial charge in [0.25, 0.3) is 0 Å². The quantitative estimate of drug-likeness (QED) is 0.262. The summed E-state index contributed by atoms with van der Waals surface area (Å²) in [6.45, 7) is 0.0835. The summed E-state index contributed by atoms with van der Waals surface area (Å²) in [5.41, 5.74) is 1.23. The molecule has 7 nitrogen and oxygen atoms in total. The fourth-order valence-corrected chi connectivity index (χ4v) is 4.81. The van der Waals surface area contributed by atoms with Crippen LogP contribution in [0.5, 0.6) is 5.75 Å². The molecule has 0 heterocycles. The number of benzene rings is 2. The normalized spacial score (nSPS) is 10.5. The van der Waals surface area contributed by atoms with E-state index in [1.54, 1.807) is 18.2 Å². The standard InChI is InChI=1S/C19H19INO6/c22-16-5-4-12(10-15(16)19(26)27)6-8-20-14-3-1-2-13(11-14)18(25)21-9-7-17(23)24/h1-5,10-11,22H,6-9H2,(H,21,25)(H,23,24)(H,26,27)/q-1. The van der Waals surface area contributed by atoms with Gasteiger partial charge in [-0.05, 0) is 0 Å². The molecule has 0 unspecified atom stereocenters. The van der Waals surface area contributed by atoms with Crippen LogP contribution in [0.25, 0.3) is 0 Å². The summed E-state index contributed by atoms with van der Waals surface area (Å²) in [5, 5.41) is 29.8. The number of rotatable bonds is 9. The van der Waals surface area contributed by atoms with Crippen LogP contribution in [0.4, 0.5) is 0 Å². The molecule has 0 fully saturated rings. The average Bonchev–Trinajstić information content (AvgIpc) is 2.62. The van der Waals surface area contributed by atoms with Gasteiger partial charge in [-0.2, -0.15) is 0 Å². The number of halogens is 1. The number of carbonyl (C=O) groups excluding carboxylic acids is 1. The monoisotopic (exact) mass is 484 g/mol. The predicted octanol–water partition coefficient (Wildman–Crippen LogP) is -1.20. The molecule has 4 N–H and O–H groups in total. The zero-order valence-corrected chi connectivity index (χ0v) is 16.5. The van der Waals surface area contributed by atoms with E-state index in [-0.39, 0.29) is 51.4 Å². The van der Waals surface area contributed by atoms with Gasteiger partial charge in [-0.3, -0.25) is 0 Å². The number of carboxylic acids is 2. The van der Waals surface area contributed by atoms with Crippen molar-refractivity contribution in [1.82, 2.24) is 5.32 Å². The molecule has 2 rings (SSSR count). The van der Waals surface area contributed by atoms with Crippen molar-refractivity contribution in [2.45, 2.75) is 12.8 Å². The number of nitrogens with one attached hydrogen (secondary N) is 1. The number of alkyl halides is 1. The van der Waals surface area contributed by atoms with Crippen LogP contribution in [-0.2, 0) is 11.2 Å². The molecule has 0 radical (unpaired) electrons. The molecule has 0 saturated heterocycles. The van der Waals surface area contributed by atoms with Crippen molar-refractivity contribution in [3.8, 4) is 5.75 Å². The van der Waals surface area contributed by atoms with Crippen LogP contribution in [0.1, 0.15) is 32.7 Å². The molecule has 0 aliphatic rings. The van der Waals surface area contributed by atoms with Gasteiger partial charge in [0.05, 0.1) is 0 Å². The first-order valence-electron chi connectivity index (χ1n) is 8.11. The number of hydrogen-bond acceptors (Lipinski definition) is 4. The third kappa shape index (κ3) is 6.55. The Morgan fingerprint density at radius 3 is 2.52 bits per heavy atom. The van der Waals surface area contributed by atoms with Gasteiger partial charge in [-0.1, -0.05) is 0 Å². The van der Waals surface area contributed by atoms with Crippen LogP contribution in [0, 0.1) is 3.57 Å². The van der Waals surface area contributed by atoms with Crippen molar-refractivity contribution in [1.29, 1.82) is 0 Å². The molecule has 144 valence electrons. The third-order valence-corrected chi connectivity index (χ3v) is 6.27. The molecule has 27 heavy (non-hydrogen) atoms. The summed E-state index contributed by atoms with van der Waals surface area (Å²) in [6.07, 6.45) is 0.562. The Balaban J connectivity index is 1.91. The number of aromatic carboxylic acids is 1. The minimum absolute atomic E-state index is 0.0835. The number of aromatic hydroxyl groups is 1. The van der Waals surface area contributed by atoms with Crippen molar-refractivity contribution >= 4 is 17.8 Å². The van der Waals surface area contributed by atoms with E-state index in [9.17, 15) is 19.5 Å². The first-order valence-corrected chi connectivity index (χ1v) is 10.7. The zero-order valence-electron chi connectivity index (χ0n) is 14.3. The van der Waals surface area contributed by atoms with Gasteiger partial charge >= 0.3 is 166 Å². The maximum absolute atomic E-state index is 12.0. The number of hydrogen-bond donors (Lipinski definition) is 4. The summed E-state index contributed by atoms with van der Waals surface area (Å²) < 4.78 is 1.92. The Bertz CT molecular complexity index is 852. The first kappa shape index (κ1) is 20.7. The van der Waals surface area contributed by atoms with Crippen LogP contribution in [0.2, 0.25) is 0 Å². The molecule has 2 aromatic carbocycles. The van der Waals surface area contributed by atoms with Crippen molar-refractivity contribution in [2.24, 2.45) is 0 Å². The van der Waals surface area contributed by atoms with E-state index in [4.69, 9.17) is 10.2 Å². The number of carbonyl (C=O) groups is 3. The molecule has 2 aromatic rings. The van der Waals surface area contributed by atoms with Crippen LogP contribution in [0.3, 0.4) is 0 Å². The van der Waals surface area contributed by atoms with E-state index in [0.29, 0.717) is 12.0 Å². The summed E-state index contributed by atoms with van der Waals surface area (Å²) in [5.74, 6) is -2.67. The van der Waals surface area contributed by atoms with Gasteiger partial charge in [-0.25, -0.2) is 0 Å². The van der Waals surface area contributed by atoms with E-state index in [2.05, 4.69) is 5.32 Å². The van der Waals surface area contributed by atoms with Crippen molar-refractivity contribution in [3.63, 3.8) is 0 Å². The van der Waals surface area contributed by atoms with E-state index in [1.807, 2.05) is 12.1 Å². The van der Waals surface area contributed by atoms with E-state index in [0.717, 1.165) is 13.6 Å². The topological polar surface area (TPSA) is 124 Å². The molecule has 0 saturated carbocycles. The Morgan fingerprint density at radius 1 is 1.04 bits per heavy atom. The van der Waals surface area contributed by atoms with Crippen LogP contribution >= 0.6 is 0 Å². The average molecular weight is 484 g/mol. The number of aryl methyl sites for hydroxylation is 1. The number of phenols is 1. The minimum atomic E-state index is -1.16. The fraction of sp³-hybridized carbons (Fsp3) is 0.211. The molecular formula is C19H19INO6-. The molecule has 0 atom stereocenters. The Labute approximate surface area is 166 Å². The number of aliphatic carboxylic acids is 1. The Kier molecular flexibility index (Phi) is 7.59. The fourth-order valence-electron chi connectivity index (χ4n) is 2.27. The molecular weight excluding hydrogens is 465 g/mol. The summed E-state index contributed by atoms with van der Waals surface area (Å²) in [6, 6.07) is 11.8. The van der Waals surface area contributed by atoms with Crippen molar-refractivity contribution in [2.75, 3.05) is 11.0 Å².